The van der Waals surface area contributed by atoms with Crippen molar-refractivity contribution in [2.24, 2.45) is 11.7 Å². The van der Waals surface area contributed by atoms with Crippen LogP contribution < -0.4 is 5.73 Å². The van der Waals surface area contributed by atoms with Crippen LogP contribution in [0.2, 0.25) is 0 Å². The molecule has 5 nitrogen and oxygen atoms in total. The van der Waals surface area contributed by atoms with E-state index in [1.807, 2.05) is 0 Å². The Balaban J connectivity index is 1.90. The Morgan fingerprint density at radius 2 is 2.30 bits per heavy atom. The molecule has 2 aromatic heterocycles. The van der Waals surface area contributed by atoms with E-state index in [4.69, 9.17) is 10.3 Å². The summed E-state index contributed by atoms with van der Waals surface area (Å²) in [6.45, 7) is 2.18. The highest BCUT2D eigenvalue weighted by Crippen LogP contribution is 2.37. The molecule has 2 unspecified atom stereocenters. The van der Waals surface area contributed by atoms with Crippen LogP contribution in [0.3, 0.4) is 0 Å². The second kappa shape index (κ2) is 4.94. The Hall–Kier alpha value is -1.82. The standard InChI is InChI=1S/C14H17FN4O/c1-9-3-2-4-14(16,6-9)13-18-12(20-19-13)10-5-11(15)8-17-7-10/h5,7-9H,2-4,6,16H2,1H3. The van der Waals surface area contributed by atoms with Crippen molar-refractivity contribution < 1.29 is 8.91 Å². The summed E-state index contributed by atoms with van der Waals surface area (Å²) in [4.78, 5) is 8.12. The molecule has 0 saturated heterocycles. The normalized spacial score (nSPS) is 26.6. The van der Waals surface area contributed by atoms with Gasteiger partial charge in [0.25, 0.3) is 5.89 Å². The van der Waals surface area contributed by atoms with Crippen molar-refractivity contribution in [1.82, 2.24) is 15.1 Å². The zero-order valence-electron chi connectivity index (χ0n) is 11.3. The van der Waals surface area contributed by atoms with E-state index in [2.05, 4.69) is 22.0 Å². The highest BCUT2D eigenvalue weighted by Gasteiger charge is 2.37. The first-order valence-electron chi connectivity index (χ1n) is 6.81. The summed E-state index contributed by atoms with van der Waals surface area (Å²) in [5.41, 5.74) is 6.34. The van der Waals surface area contributed by atoms with Gasteiger partial charge in [0.1, 0.15) is 5.82 Å². The molecule has 1 aliphatic rings. The highest BCUT2D eigenvalue weighted by molar-refractivity contribution is 5.50. The monoisotopic (exact) mass is 276 g/mol. The SMILES string of the molecule is CC1CCCC(N)(c2noc(-c3cncc(F)c3)n2)C1. The van der Waals surface area contributed by atoms with E-state index < -0.39 is 11.4 Å². The van der Waals surface area contributed by atoms with E-state index >= 15 is 0 Å². The van der Waals surface area contributed by atoms with Gasteiger partial charge < -0.3 is 10.3 Å². The first-order chi connectivity index (χ1) is 9.57. The Labute approximate surface area is 116 Å². The molecule has 2 atom stereocenters. The van der Waals surface area contributed by atoms with Gasteiger partial charge in [-0.05, 0) is 24.8 Å². The van der Waals surface area contributed by atoms with Crippen LogP contribution in [0, 0.1) is 11.7 Å². The van der Waals surface area contributed by atoms with Gasteiger partial charge in [-0.25, -0.2) is 4.39 Å². The third kappa shape index (κ3) is 2.43. The molecule has 6 heteroatoms. The largest absolute Gasteiger partial charge is 0.334 e. The molecule has 1 saturated carbocycles. The molecule has 20 heavy (non-hydrogen) atoms. The molecule has 106 valence electrons. The zero-order chi connectivity index (χ0) is 14.2. The molecule has 2 heterocycles. The molecule has 2 aromatic rings. The number of rotatable bonds is 2. The summed E-state index contributed by atoms with van der Waals surface area (Å²) in [5.74, 6) is 0.876. The minimum atomic E-state index is -0.541. The molecule has 0 amide bonds. The van der Waals surface area contributed by atoms with Crippen LogP contribution in [0.4, 0.5) is 4.39 Å². The van der Waals surface area contributed by atoms with Crippen molar-refractivity contribution in [2.45, 2.75) is 38.1 Å². The van der Waals surface area contributed by atoms with Gasteiger partial charge in [0, 0.05) is 6.20 Å². The van der Waals surface area contributed by atoms with Crippen LogP contribution in [0.25, 0.3) is 11.5 Å². The molecule has 2 N–H and O–H groups in total. The van der Waals surface area contributed by atoms with Crippen LogP contribution in [-0.4, -0.2) is 15.1 Å². The maximum absolute atomic E-state index is 13.2. The summed E-state index contributed by atoms with van der Waals surface area (Å²) >= 11 is 0. The molecule has 1 fully saturated rings. The second-order valence-corrected chi connectivity index (χ2v) is 5.67. The summed E-state index contributed by atoms with van der Waals surface area (Å²) in [6, 6.07) is 1.32. The van der Waals surface area contributed by atoms with Crippen molar-refractivity contribution in [3.63, 3.8) is 0 Å². The predicted molar refractivity (Wildman–Crippen MR) is 71.0 cm³/mol. The van der Waals surface area contributed by atoms with E-state index in [-0.39, 0.29) is 5.89 Å². The van der Waals surface area contributed by atoms with Crippen LogP contribution >= 0.6 is 0 Å². The van der Waals surface area contributed by atoms with Crippen molar-refractivity contribution >= 4 is 0 Å². The fourth-order valence-electron chi connectivity index (χ4n) is 2.87. The number of hydrogen-bond acceptors (Lipinski definition) is 5. The van der Waals surface area contributed by atoms with Gasteiger partial charge in [0.2, 0.25) is 0 Å². The Bertz CT molecular complexity index is 615. The lowest BCUT2D eigenvalue weighted by Crippen LogP contribution is -2.42. The molecular formula is C14H17FN4O. The summed E-state index contributed by atoms with van der Waals surface area (Å²) < 4.78 is 18.4. The van der Waals surface area contributed by atoms with Gasteiger partial charge in [-0.3, -0.25) is 4.98 Å². The average Bonchev–Trinajstić information content (AvgIpc) is 2.88. The second-order valence-electron chi connectivity index (χ2n) is 5.67. The van der Waals surface area contributed by atoms with Gasteiger partial charge in [-0.1, -0.05) is 24.9 Å². The van der Waals surface area contributed by atoms with Crippen molar-refractivity contribution in [3.05, 3.63) is 30.1 Å². The molecule has 0 aliphatic heterocycles. The van der Waals surface area contributed by atoms with Gasteiger partial charge in [0.05, 0.1) is 17.3 Å². The van der Waals surface area contributed by atoms with Crippen molar-refractivity contribution in [2.75, 3.05) is 0 Å². The van der Waals surface area contributed by atoms with E-state index in [0.29, 0.717) is 17.3 Å². The first-order valence-corrected chi connectivity index (χ1v) is 6.81. The molecule has 1 aliphatic carbocycles. The van der Waals surface area contributed by atoms with E-state index in [1.54, 1.807) is 0 Å². The Morgan fingerprint density at radius 3 is 3.05 bits per heavy atom. The van der Waals surface area contributed by atoms with Gasteiger partial charge in [-0.15, -0.1) is 0 Å². The quantitative estimate of drug-likeness (QED) is 0.912. The van der Waals surface area contributed by atoms with Gasteiger partial charge in [0.15, 0.2) is 5.82 Å². The number of nitrogens with two attached hydrogens (primary N) is 1. The van der Waals surface area contributed by atoms with Crippen LogP contribution in [0.1, 0.15) is 38.4 Å². The first kappa shape index (κ1) is 13.2. The molecular weight excluding hydrogens is 259 g/mol. The van der Waals surface area contributed by atoms with E-state index in [9.17, 15) is 4.39 Å². The third-order valence-electron chi connectivity index (χ3n) is 3.86. The Morgan fingerprint density at radius 1 is 1.45 bits per heavy atom. The van der Waals surface area contributed by atoms with Crippen LogP contribution in [0.5, 0.6) is 0 Å². The lowest BCUT2D eigenvalue weighted by molar-refractivity contribution is 0.222. The minimum Gasteiger partial charge on any atom is -0.334 e. The minimum absolute atomic E-state index is 0.259. The maximum Gasteiger partial charge on any atom is 0.259 e. The average molecular weight is 276 g/mol. The number of pyridine rings is 1. The Kier molecular flexibility index (Phi) is 3.25. The van der Waals surface area contributed by atoms with Crippen LogP contribution in [0.15, 0.2) is 23.0 Å². The fraction of sp³-hybridized carbons (Fsp3) is 0.500. The van der Waals surface area contributed by atoms with Crippen molar-refractivity contribution in [1.29, 1.82) is 0 Å². The highest BCUT2D eigenvalue weighted by atomic mass is 19.1. The molecule has 0 bridgehead atoms. The molecule has 0 aromatic carbocycles. The van der Waals surface area contributed by atoms with E-state index in [1.165, 1.54) is 18.7 Å². The summed E-state index contributed by atoms with van der Waals surface area (Å²) in [6.07, 6.45) is 6.55. The van der Waals surface area contributed by atoms with Crippen molar-refractivity contribution in [3.8, 4) is 11.5 Å². The van der Waals surface area contributed by atoms with Gasteiger partial charge in [-0.2, -0.15) is 4.98 Å². The molecule has 3 rings (SSSR count). The molecule has 0 radical (unpaired) electrons. The number of aromatic nitrogens is 3. The zero-order valence-corrected chi connectivity index (χ0v) is 11.3. The lowest BCUT2D eigenvalue weighted by atomic mass is 9.76. The topological polar surface area (TPSA) is 77.8 Å². The predicted octanol–water partition coefficient (Wildman–Crippen LogP) is 2.63. The van der Waals surface area contributed by atoms with Gasteiger partial charge >= 0.3 is 0 Å². The third-order valence-corrected chi connectivity index (χ3v) is 3.86. The number of nitrogens with zero attached hydrogens (tertiary/aromatic N) is 3. The summed E-state index contributed by atoms with van der Waals surface area (Å²) in [7, 11) is 0. The number of halogens is 1. The fourth-order valence-corrected chi connectivity index (χ4v) is 2.87. The molecule has 0 spiro atoms. The smallest absolute Gasteiger partial charge is 0.259 e. The summed E-state index contributed by atoms with van der Waals surface area (Å²) in [5, 5.41) is 3.99. The van der Waals surface area contributed by atoms with E-state index in [0.717, 1.165) is 25.5 Å². The maximum atomic E-state index is 13.2. The van der Waals surface area contributed by atoms with Crippen LogP contribution in [-0.2, 0) is 5.54 Å². The number of hydrogen-bond donors (Lipinski definition) is 1. The lowest BCUT2D eigenvalue weighted by Gasteiger charge is -2.33.